The van der Waals surface area contributed by atoms with Crippen LogP contribution in [0.15, 0.2) is 18.2 Å². The predicted molar refractivity (Wildman–Crippen MR) is 85.3 cm³/mol. The molecule has 21 heavy (non-hydrogen) atoms. The monoisotopic (exact) mass is 286 g/mol. The van der Waals surface area contributed by atoms with Crippen molar-refractivity contribution < 1.29 is 4.79 Å². The van der Waals surface area contributed by atoms with E-state index in [0.29, 0.717) is 24.3 Å². The van der Waals surface area contributed by atoms with E-state index in [1.54, 1.807) is 0 Å². The van der Waals surface area contributed by atoms with Gasteiger partial charge in [0.2, 0.25) is 5.91 Å². The molecule has 3 aliphatic heterocycles. The van der Waals surface area contributed by atoms with E-state index < -0.39 is 0 Å². The Labute approximate surface area is 127 Å². The molecule has 3 nitrogen and oxygen atoms in total. The lowest BCUT2D eigenvalue weighted by Gasteiger charge is -2.32. The average molecular weight is 286 g/mol. The Morgan fingerprint density at radius 1 is 1.19 bits per heavy atom. The van der Waals surface area contributed by atoms with E-state index in [0.717, 1.165) is 19.6 Å². The van der Waals surface area contributed by atoms with Gasteiger partial charge in [-0.1, -0.05) is 23.8 Å². The second-order valence-corrected chi connectivity index (χ2v) is 6.94. The van der Waals surface area contributed by atoms with Gasteiger partial charge in [-0.2, -0.15) is 0 Å². The molecule has 3 fully saturated rings. The molecule has 0 spiro atoms. The minimum Gasteiger partial charge on any atom is -0.341 e. The number of rotatable bonds is 2. The van der Waals surface area contributed by atoms with E-state index in [1.807, 2.05) is 0 Å². The summed E-state index contributed by atoms with van der Waals surface area (Å²) in [5, 5.41) is 0. The van der Waals surface area contributed by atoms with Gasteiger partial charge in [-0.3, -0.25) is 4.79 Å². The molecule has 4 rings (SSSR count). The van der Waals surface area contributed by atoms with E-state index in [-0.39, 0.29) is 0 Å². The van der Waals surface area contributed by atoms with Crippen LogP contribution in [0, 0.1) is 19.8 Å². The highest BCUT2D eigenvalue weighted by Crippen LogP contribution is 2.27. The summed E-state index contributed by atoms with van der Waals surface area (Å²) >= 11 is 0. The molecule has 0 aliphatic carbocycles. The molecular formula is C18H26N2O. The smallest absolute Gasteiger partial charge is 0.227 e. The van der Waals surface area contributed by atoms with Gasteiger partial charge in [0.05, 0.1) is 6.42 Å². The Morgan fingerprint density at radius 3 is 2.76 bits per heavy atom. The standard InChI is InChI=1S/C18H26N2O/c1-13-4-5-14(2)16(8-13)9-18(21)20-11-15-6-7-17(12-20)19(3)10-15/h4-5,8,15,17H,6-7,9-12H2,1-3H3/t15-,17-/m1/s1. The third kappa shape index (κ3) is 3.13. The van der Waals surface area contributed by atoms with Crippen molar-refractivity contribution in [2.24, 2.45) is 5.92 Å². The van der Waals surface area contributed by atoms with Gasteiger partial charge in [0.1, 0.15) is 0 Å². The highest BCUT2D eigenvalue weighted by molar-refractivity contribution is 5.79. The van der Waals surface area contributed by atoms with Crippen LogP contribution in [-0.4, -0.2) is 48.4 Å². The maximum absolute atomic E-state index is 12.7. The summed E-state index contributed by atoms with van der Waals surface area (Å²) in [6.07, 6.45) is 3.08. The minimum atomic E-state index is 0.302. The summed E-state index contributed by atoms with van der Waals surface area (Å²) in [4.78, 5) is 17.3. The van der Waals surface area contributed by atoms with Crippen molar-refractivity contribution in [1.29, 1.82) is 0 Å². The molecule has 2 bridgehead atoms. The molecule has 0 aromatic heterocycles. The van der Waals surface area contributed by atoms with Crippen molar-refractivity contribution >= 4 is 5.91 Å². The second kappa shape index (κ2) is 5.80. The molecule has 1 aromatic rings. The lowest BCUT2D eigenvalue weighted by Crippen LogP contribution is -2.42. The van der Waals surface area contributed by atoms with Crippen LogP contribution in [-0.2, 0) is 11.2 Å². The average Bonchev–Trinajstić information content (AvgIpc) is 2.74. The second-order valence-electron chi connectivity index (χ2n) is 6.94. The predicted octanol–water partition coefficient (Wildman–Crippen LogP) is 2.40. The maximum Gasteiger partial charge on any atom is 0.227 e. The Morgan fingerprint density at radius 2 is 2.00 bits per heavy atom. The fourth-order valence-corrected chi connectivity index (χ4v) is 3.79. The SMILES string of the molecule is Cc1ccc(C)c(CC(=O)N2C[C@@H]3CC[C@H](C2)N(C)C3)c1. The lowest BCUT2D eigenvalue weighted by atomic mass is 9.96. The van der Waals surface area contributed by atoms with Crippen LogP contribution < -0.4 is 0 Å². The van der Waals surface area contributed by atoms with E-state index in [9.17, 15) is 4.79 Å². The molecule has 0 saturated carbocycles. The molecule has 1 aromatic carbocycles. The summed E-state index contributed by atoms with van der Waals surface area (Å²) in [6.45, 7) is 7.20. The van der Waals surface area contributed by atoms with Gasteiger partial charge in [0.15, 0.2) is 0 Å². The van der Waals surface area contributed by atoms with E-state index in [2.05, 4.69) is 48.9 Å². The molecule has 2 atom stereocenters. The van der Waals surface area contributed by atoms with E-state index >= 15 is 0 Å². The highest BCUT2D eigenvalue weighted by Gasteiger charge is 2.34. The number of nitrogens with zero attached hydrogens (tertiary/aromatic N) is 2. The van der Waals surface area contributed by atoms with Crippen LogP contribution in [0.3, 0.4) is 0 Å². The third-order valence-electron chi connectivity index (χ3n) is 5.19. The lowest BCUT2D eigenvalue weighted by molar-refractivity contribution is -0.130. The fraction of sp³-hybridized carbons (Fsp3) is 0.611. The summed E-state index contributed by atoms with van der Waals surface area (Å²) < 4.78 is 0. The van der Waals surface area contributed by atoms with Gasteiger partial charge in [-0.25, -0.2) is 0 Å². The van der Waals surface area contributed by atoms with Gasteiger partial charge in [-0.05, 0) is 50.8 Å². The van der Waals surface area contributed by atoms with Crippen LogP contribution in [0.25, 0.3) is 0 Å². The summed E-state index contributed by atoms with van der Waals surface area (Å²) in [5.74, 6) is 0.965. The number of carbonyl (C=O) groups is 1. The van der Waals surface area contributed by atoms with Gasteiger partial charge in [0.25, 0.3) is 0 Å². The molecule has 1 amide bonds. The first-order chi connectivity index (χ1) is 10.0. The topological polar surface area (TPSA) is 23.6 Å². The Bertz CT molecular complexity index is 540. The Hall–Kier alpha value is -1.35. The van der Waals surface area contributed by atoms with Gasteiger partial charge < -0.3 is 9.80 Å². The van der Waals surface area contributed by atoms with Crippen LogP contribution in [0.4, 0.5) is 0 Å². The first kappa shape index (κ1) is 14.6. The van der Waals surface area contributed by atoms with Gasteiger partial charge >= 0.3 is 0 Å². The van der Waals surface area contributed by atoms with Crippen molar-refractivity contribution in [3.8, 4) is 0 Å². The number of fused-ring (bicyclic) bond motifs is 4. The van der Waals surface area contributed by atoms with E-state index in [1.165, 1.54) is 29.5 Å². The summed E-state index contributed by atoms with van der Waals surface area (Å²) in [7, 11) is 2.20. The van der Waals surface area contributed by atoms with Crippen molar-refractivity contribution in [3.63, 3.8) is 0 Å². The number of hydrogen-bond acceptors (Lipinski definition) is 2. The summed E-state index contributed by atoms with van der Waals surface area (Å²) in [6, 6.07) is 6.96. The van der Waals surface area contributed by atoms with Crippen molar-refractivity contribution in [2.45, 2.75) is 39.2 Å². The Kier molecular flexibility index (Phi) is 4.03. The number of aryl methyl sites for hydroxylation is 2. The van der Waals surface area contributed by atoms with Crippen molar-refractivity contribution in [2.75, 3.05) is 26.7 Å². The molecule has 3 saturated heterocycles. The Balaban J connectivity index is 1.72. The molecule has 0 radical (unpaired) electrons. The van der Waals surface area contributed by atoms with Crippen molar-refractivity contribution in [3.05, 3.63) is 34.9 Å². The number of piperidine rings is 1. The van der Waals surface area contributed by atoms with Crippen LogP contribution >= 0.6 is 0 Å². The fourth-order valence-electron chi connectivity index (χ4n) is 3.79. The van der Waals surface area contributed by atoms with Crippen LogP contribution in [0.5, 0.6) is 0 Å². The molecular weight excluding hydrogens is 260 g/mol. The van der Waals surface area contributed by atoms with Crippen LogP contribution in [0.2, 0.25) is 0 Å². The first-order valence-electron chi connectivity index (χ1n) is 8.07. The number of hydrogen-bond donors (Lipinski definition) is 0. The molecule has 3 heteroatoms. The molecule has 0 N–H and O–H groups in total. The maximum atomic E-state index is 12.7. The normalized spacial score (nSPS) is 26.0. The largest absolute Gasteiger partial charge is 0.341 e. The molecule has 0 unspecified atom stereocenters. The molecule has 3 heterocycles. The van der Waals surface area contributed by atoms with E-state index in [4.69, 9.17) is 0 Å². The molecule has 3 aliphatic rings. The third-order valence-corrected chi connectivity index (χ3v) is 5.19. The quantitative estimate of drug-likeness (QED) is 0.833. The molecule has 114 valence electrons. The minimum absolute atomic E-state index is 0.302. The van der Waals surface area contributed by atoms with Crippen LogP contribution in [0.1, 0.15) is 29.5 Å². The highest BCUT2D eigenvalue weighted by atomic mass is 16.2. The summed E-state index contributed by atoms with van der Waals surface area (Å²) in [5.41, 5.74) is 3.65. The zero-order valence-electron chi connectivity index (χ0n) is 13.4. The number of amides is 1. The van der Waals surface area contributed by atoms with Gasteiger partial charge in [0, 0.05) is 25.7 Å². The number of carbonyl (C=O) groups excluding carboxylic acids is 1. The number of benzene rings is 1. The zero-order valence-corrected chi connectivity index (χ0v) is 13.4. The van der Waals surface area contributed by atoms with Crippen molar-refractivity contribution in [1.82, 2.24) is 9.80 Å². The number of likely N-dealkylation sites (N-methyl/N-ethyl adjacent to an activating group) is 1. The van der Waals surface area contributed by atoms with Gasteiger partial charge in [-0.15, -0.1) is 0 Å². The zero-order chi connectivity index (χ0) is 15.0. The first-order valence-corrected chi connectivity index (χ1v) is 8.07.